The van der Waals surface area contributed by atoms with Gasteiger partial charge in [-0.25, -0.2) is 4.79 Å². The third-order valence-corrected chi connectivity index (χ3v) is 2.97. The van der Waals surface area contributed by atoms with Gasteiger partial charge in [-0.3, -0.25) is 4.79 Å². The Hall–Kier alpha value is -2.02. The zero-order valence-corrected chi connectivity index (χ0v) is 13.3. The number of aliphatic carboxylic acids is 1. The van der Waals surface area contributed by atoms with Crippen molar-refractivity contribution in [3.8, 4) is 11.5 Å². The third kappa shape index (κ3) is 5.47. The van der Waals surface area contributed by atoms with Crippen molar-refractivity contribution >= 4 is 33.9 Å². The highest BCUT2D eigenvalue weighted by Crippen LogP contribution is 2.37. The van der Waals surface area contributed by atoms with Gasteiger partial charge < -0.3 is 19.9 Å². The molecule has 0 aromatic heterocycles. The van der Waals surface area contributed by atoms with Gasteiger partial charge in [0.15, 0.2) is 18.1 Å². The van der Waals surface area contributed by atoms with Gasteiger partial charge in [-0.15, -0.1) is 0 Å². The van der Waals surface area contributed by atoms with Gasteiger partial charge in [0.2, 0.25) is 0 Å². The lowest BCUT2D eigenvalue weighted by molar-refractivity contribution is -0.131. The fourth-order valence-corrected chi connectivity index (χ4v) is 2.04. The number of carboxylic acid groups (broad SMARTS) is 1. The van der Waals surface area contributed by atoms with E-state index in [1.54, 1.807) is 12.1 Å². The van der Waals surface area contributed by atoms with E-state index in [9.17, 15) is 9.59 Å². The molecule has 0 saturated carbocycles. The average Bonchev–Trinajstić information content (AvgIpc) is 2.44. The van der Waals surface area contributed by atoms with Crippen molar-refractivity contribution in [1.29, 1.82) is 0 Å². The van der Waals surface area contributed by atoms with Crippen LogP contribution in [0.4, 0.5) is 0 Å². The minimum absolute atomic E-state index is 0.139. The highest BCUT2D eigenvalue weighted by Gasteiger charge is 2.13. The zero-order valence-electron chi connectivity index (χ0n) is 11.7. The topological polar surface area (TPSA) is 84.9 Å². The second-order valence-electron chi connectivity index (χ2n) is 3.90. The Morgan fingerprint density at radius 3 is 2.67 bits per heavy atom. The maximum Gasteiger partial charge on any atom is 0.328 e. The molecule has 1 amide bonds. The molecule has 0 radical (unpaired) electrons. The second kappa shape index (κ2) is 8.31. The first kappa shape index (κ1) is 17.0. The van der Waals surface area contributed by atoms with Gasteiger partial charge in [0.25, 0.3) is 5.91 Å². The quantitative estimate of drug-likeness (QED) is 0.729. The van der Waals surface area contributed by atoms with Crippen molar-refractivity contribution in [2.45, 2.75) is 6.92 Å². The summed E-state index contributed by atoms with van der Waals surface area (Å²) in [6, 6.07) is 3.33. The molecule has 0 heterocycles. The fraction of sp³-hybridized carbons (Fsp3) is 0.286. The lowest BCUT2D eigenvalue weighted by Crippen LogP contribution is -2.25. The predicted octanol–water partition coefficient (Wildman–Crippen LogP) is 2.07. The predicted molar refractivity (Wildman–Crippen MR) is 81.5 cm³/mol. The molecule has 0 saturated heterocycles. The van der Waals surface area contributed by atoms with Gasteiger partial charge in [0.1, 0.15) is 0 Å². The molecule has 1 aromatic carbocycles. The number of carbonyl (C=O) groups excluding carboxylic acids is 1. The summed E-state index contributed by atoms with van der Waals surface area (Å²) < 4.78 is 11.5. The van der Waals surface area contributed by atoms with Crippen molar-refractivity contribution in [3.63, 3.8) is 0 Å². The summed E-state index contributed by atoms with van der Waals surface area (Å²) in [7, 11) is 1.52. The molecule has 0 unspecified atom stereocenters. The van der Waals surface area contributed by atoms with Crippen molar-refractivity contribution in [1.82, 2.24) is 5.32 Å². The largest absolute Gasteiger partial charge is 0.490 e. The van der Waals surface area contributed by atoms with Gasteiger partial charge in [-0.2, -0.15) is 0 Å². The smallest absolute Gasteiger partial charge is 0.328 e. The van der Waals surface area contributed by atoms with E-state index in [1.165, 1.54) is 13.1 Å². The Kier molecular flexibility index (Phi) is 6.74. The molecule has 7 heteroatoms. The van der Waals surface area contributed by atoms with Crippen LogP contribution in [-0.4, -0.2) is 37.2 Å². The van der Waals surface area contributed by atoms with Crippen LogP contribution in [0.25, 0.3) is 6.08 Å². The summed E-state index contributed by atoms with van der Waals surface area (Å²) in [4.78, 5) is 21.8. The molecule has 6 nitrogen and oxygen atoms in total. The number of rotatable bonds is 7. The average molecular weight is 358 g/mol. The Balaban J connectivity index is 3.06. The molecule has 0 aliphatic rings. The molecule has 114 valence electrons. The van der Waals surface area contributed by atoms with Gasteiger partial charge in [-0.05, 0) is 46.6 Å². The lowest BCUT2D eigenvalue weighted by atomic mass is 10.2. The van der Waals surface area contributed by atoms with Crippen molar-refractivity contribution in [3.05, 3.63) is 28.2 Å². The number of nitrogens with one attached hydrogen (secondary N) is 1. The highest BCUT2D eigenvalue weighted by atomic mass is 79.9. The molecule has 0 fully saturated rings. The summed E-state index contributed by atoms with van der Waals surface area (Å²) in [5, 5.41) is 11.1. The molecule has 1 rings (SSSR count). The second-order valence-corrected chi connectivity index (χ2v) is 4.75. The molecule has 0 atom stereocenters. The number of hydrogen-bond acceptors (Lipinski definition) is 4. The van der Waals surface area contributed by atoms with E-state index in [-0.39, 0.29) is 12.5 Å². The Morgan fingerprint density at radius 2 is 2.10 bits per heavy atom. The van der Waals surface area contributed by atoms with Crippen molar-refractivity contribution < 1.29 is 24.2 Å². The minimum atomic E-state index is -1.04. The van der Waals surface area contributed by atoms with Gasteiger partial charge in [0.05, 0.1) is 11.1 Å². The summed E-state index contributed by atoms with van der Waals surface area (Å²) in [6.07, 6.45) is 2.47. The standard InChI is InChI=1S/C14H16BrNO5/c1-3-20-11-7-9(4-5-13(18)19)6-10(15)14(11)21-8-12(17)16-2/h4-7H,3,8H2,1-2H3,(H,16,17)(H,18,19)/b5-4+. The van der Waals surface area contributed by atoms with E-state index >= 15 is 0 Å². The highest BCUT2D eigenvalue weighted by molar-refractivity contribution is 9.10. The van der Waals surface area contributed by atoms with Crippen LogP contribution in [0.1, 0.15) is 12.5 Å². The third-order valence-electron chi connectivity index (χ3n) is 2.38. The minimum Gasteiger partial charge on any atom is -0.490 e. The summed E-state index contributed by atoms with van der Waals surface area (Å²) in [5.74, 6) is -0.475. The van der Waals surface area contributed by atoms with E-state index < -0.39 is 5.97 Å². The van der Waals surface area contributed by atoms with Crippen LogP contribution in [0.15, 0.2) is 22.7 Å². The van der Waals surface area contributed by atoms with E-state index in [2.05, 4.69) is 21.2 Å². The maximum atomic E-state index is 11.2. The van der Waals surface area contributed by atoms with Crippen LogP contribution in [-0.2, 0) is 9.59 Å². The summed E-state index contributed by atoms with van der Waals surface area (Å²) in [5.41, 5.74) is 0.639. The number of carbonyl (C=O) groups is 2. The lowest BCUT2D eigenvalue weighted by Gasteiger charge is -2.14. The molecule has 1 aromatic rings. The number of benzene rings is 1. The van der Waals surface area contributed by atoms with Crippen LogP contribution in [0.2, 0.25) is 0 Å². The SMILES string of the molecule is CCOc1cc(/C=C/C(=O)O)cc(Br)c1OCC(=O)NC. The molecule has 0 aliphatic heterocycles. The molecule has 0 spiro atoms. The van der Waals surface area contributed by atoms with Gasteiger partial charge in [0, 0.05) is 13.1 Å². The molecular weight excluding hydrogens is 342 g/mol. The van der Waals surface area contributed by atoms with Crippen LogP contribution in [0, 0.1) is 0 Å². The normalized spacial score (nSPS) is 10.4. The summed E-state index contributed by atoms with van der Waals surface area (Å²) in [6.45, 7) is 2.09. The number of hydrogen-bond donors (Lipinski definition) is 2. The van der Waals surface area contributed by atoms with Gasteiger partial charge in [-0.1, -0.05) is 0 Å². The van der Waals surface area contributed by atoms with Crippen LogP contribution in [0.5, 0.6) is 11.5 Å². The van der Waals surface area contributed by atoms with E-state index in [4.69, 9.17) is 14.6 Å². The summed E-state index contributed by atoms with van der Waals surface area (Å²) >= 11 is 3.33. The van der Waals surface area contributed by atoms with Crippen LogP contribution in [0.3, 0.4) is 0 Å². The maximum absolute atomic E-state index is 11.2. The van der Waals surface area contributed by atoms with Crippen molar-refractivity contribution in [2.24, 2.45) is 0 Å². The first-order valence-corrected chi connectivity index (χ1v) is 6.98. The number of halogens is 1. The Morgan fingerprint density at radius 1 is 1.38 bits per heavy atom. The van der Waals surface area contributed by atoms with Crippen molar-refractivity contribution in [2.75, 3.05) is 20.3 Å². The van der Waals surface area contributed by atoms with Crippen LogP contribution < -0.4 is 14.8 Å². The monoisotopic (exact) mass is 357 g/mol. The molecule has 21 heavy (non-hydrogen) atoms. The molecular formula is C14H16BrNO5. The zero-order chi connectivity index (χ0) is 15.8. The Bertz CT molecular complexity index is 557. The molecule has 0 bridgehead atoms. The number of likely N-dealkylation sites (N-methyl/N-ethyl adjacent to an activating group) is 1. The number of amides is 1. The van der Waals surface area contributed by atoms with E-state index in [0.717, 1.165) is 6.08 Å². The number of carboxylic acids is 1. The first-order chi connectivity index (χ1) is 9.97. The van der Waals surface area contributed by atoms with Crippen LogP contribution >= 0.6 is 15.9 Å². The van der Waals surface area contributed by atoms with E-state index in [1.807, 2.05) is 6.92 Å². The van der Waals surface area contributed by atoms with E-state index in [0.29, 0.717) is 28.1 Å². The van der Waals surface area contributed by atoms with Gasteiger partial charge >= 0.3 is 5.97 Å². The molecule has 0 aliphatic carbocycles. The first-order valence-electron chi connectivity index (χ1n) is 6.18. The fourth-order valence-electron chi connectivity index (χ4n) is 1.46. The Labute approximate surface area is 130 Å². The molecule has 2 N–H and O–H groups in total. The number of ether oxygens (including phenoxy) is 2.